The molecular formula is C13H22N4O. The van der Waals surface area contributed by atoms with E-state index in [0.29, 0.717) is 17.9 Å². The molecule has 1 heterocycles. The maximum atomic E-state index is 11.5. The molecule has 5 N–H and O–H groups in total. The topological polar surface area (TPSA) is 94.0 Å². The summed E-state index contributed by atoms with van der Waals surface area (Å²) in [6, 6.07) is 1.98. The largest absolute Gasteiger partial charge is 0.367 e. The number of aromatic nitrogens is 1. The fourth-order valence-corrected chi connectivity index (χ4v) is 1.81. The van der Waals surface area contributed by atoms with Crippen molar-refractivity contribution in [1.29, 1.82) is 0 Å². The summed E-state index contributed by atoms with van der Waals surface area (Å²) in [6.45, 7) is 8.38. The van der Waals surface area contributed by atoms with Gasteiger partial charge in [-0.3, -0.25) is 4.79 Å². The first-order valence-corrected chi connectivity index (χ1v) is 6.11. The Kier molecular flexibility index (Phi) is 4.67. The molecule has 0 fully saturated rings. The molecule has 2 atom stereocenters. The van der Waals surface area contributed by atoms with Crippen molar-refractivity contribution in [2.24, 2.45) is 17.4 Å². The Bertz CT molecular complexity index is 445. The molecule has 1 amide bonds. The summed E-state index contributed by atoms with van der Waals surface area (Å²) in [5.41, 5.74) is 13.2. The third-order valence-corrected chi connectivity index (χ3v) is 3.18. The van der Waals surface area contributed by atoms with Crippen LogP contribution in [0, 0.1) is 19.8 Å². The second-order valence-electron chi connectivity index (χ2n) is 4.81. The van der Waals surface area contributed by atoms with Gasteiger partial charge in [0.2, 0.25) is 0 Å². The summed E-state index contributed by atoms with van der Waals surface area (Å²) in [4.78, 5) is 15.9. The molecule has 100 valence electrons. The molecule has 2 unspecified atom stereocenters. The number of nitrogens with one attached hydrogen (secondary N) is 1. The second-order valence-corrected chi connectivity index (χ2v) is 4.81. The van der Waals surface area contributed by atoms with E-state index in [1.54, 1.807) is 0 Å². The van der Waals surface area contributed by atoms with E-state index in [9.17, 15) is 4.79 Å². The minimum absolute atomic E-state index is 0.127. The quantitative estimate of drug-likeness (QED) is 0.731. The number of amides is 1. The number of nitrogens with zero attached hydrogens (tertiary/aromatic N) is 1. The highest BCUT2D eigenvalue weighted by Gasteiger charge is 2.17. The van der Waals surface area contributed by atoms with Crippen LogP contribution in [0.3, 0.4) is 0 Å². The lowest BCUT2D eigenvalue weighted by Crippen LogP contribution is -2.31. The van der Waals surface area contributed by atoms with Gasteiger partial charge in [0.15, 0.2) is 0 Å². The molecule has 0 aromatic carbocycles. The van der Waals surface area contributed by atoms with Crippen LogP contribution in [0.25, 0.3) is 0 Å². The number of hydrogen-bond donors (Lipinski definition) is 3. The Morgan fingerprint density at radius 2 is 2.06 bits per heavy atom. The maximum absolute atomic E-state index is 11.5. The molecule has 0 aliphatic heterocycles. The zero-order valence-electron chi connectivity index (χ0n) is 11.4. The molecule has 0 aliphatic rings. The van der Waals surface area contributed by atoms with Gasteiger partial charge in [-0.05, 0) is 44.9 Å². The van der Waals surface area contributed by atoms with Gasteiger partial charge < -0.3 is 16.8 Å². The number of carbonyl (C=O) groups excluding carboxylic acids is 1. The standard InChI is InChI=1S/C13H22N4O/c1-7-5-9(3)16-13(11(7)12(15)18)17-10(4)8(2)6-14/h5,8,10H,6,14H2,1-4H3,(H2,15,18)(H,16,17). The first-order chi connectivity index (χ1) is 8.36. The van der Waals surface area contributed by atoms with Crippen molar-refractivity contribution in [2.75, 3.05) is 11.9 Å². The number of rotatable bonds is 5. The zero-order chi connectivity index (χ0) is 13.9. The van der Waals surface area contributed by atoms with Crippen molar-refractivity contribution in [3.63, 3.8) is 0 Å². The van der Waals surface area contributed by atoms with Crippen molar-refractivity contribution < 1.29 is 4.79 Å². The minimum atomic E-state index is -0.463. The summed E-state index contributed by atoms with van der Waals surface area (Å²) >= 11 is 0. The Balaban J connectivity index is 3.11. The van der Waals surface area contributed by atoms with Crippen LogP contribution in [0.1, 0.15) is 35.5 Å². The normalized spacial score (nSPS) is 14.1. The monoisotopic (exact) mass is 250 g/mol. The van der Waals surface area contributed by atoms with E-state index in [2.05, 4.69) is 10.3 Å². The van der Waals surface area contributed by atoms with E-state index < -0.39 is 5.91 Å². The van der Waals surface area contributed by atoms with E-state index in [0.717, 1.165) is 11.3 Å². The Labute approximate surface area is 108 Å². The molecule has 0 saturated carbocycles. The van der Waals surface area contributed by atoms with E-state index >= 15 is 0 Å². The molecular weight excluding hydrogens is 228 g/mol. The summed E-state index contributed by atoms with van der Waals surface area (Å²) < 4.78 is 0. The Morgan fingerprint density at radius 3 is 2.56 bits per heavy atom. The van der Waals surface area contributed by atoms with Crippen molar-refractivity contribution in [3.05, 3.63) is 22.9 Å². The lowest BCUT2D eigenvalue weighted by Gasteiger charge is -2.22. The van der Waals surface area contributed by atoms with Crippen molar-refractivity contribution in [1.82, 2.24) is 4.98 Å². The molecule has 0 radical (unpaired) electrons. The molecule has 18 heavy (non-hydrogen) atoms. The maximum Gasteiger partial charge on any atom is 0.252 e. The lowest BCUT2D eigenvalue weighted by molar-refractivity contribution is 0.1000. The van der Waals surface area contributed by atoms with Gasteiger partial charge in [0.1, 0.15) is 5.82 Å². The molecule has 5 nitrogen and oxygen atoms in total. The predicted molar refractivity (Wildman–Crippen MR) is 73.5 cm³/mol. The van der Waals surface area contributed by atoms with E-state index in [1.807, 2.05) is 33.8 Å². The van der Waals surface area contributed by atoms with Crippen LogP contribution < -0.4 is 16.8 Å². The van der Waals surface area contributed by atoms with Gasteiger partial charge in [-0.1, -0.05) is 6.92 Å². The van der Waals surface area contributed by atoms with Crippen LogP contribution in [0.15, 0.2) is 6.07 Å². The number of anilines is 1. The fraction of sp³-hybridized carbons (Fsp3) is 0.538. The fourth-order valence-electron chi connectivity index (χ4n) is 1.81. The number of pyridine rings is 1. The number of hydrogen-bond acceptors (Lipinski definition) is 4. The summed E-state index contributed by atoms with van der Waals surface area (Å²) in [7, 11) is 0. The molecule has 0 saturated heterocycles. The lowest BCUT2D eigenvalue weighted by atomic mass is 10.0. The average molecular weight is 250 g/mol. The number of primary amides is 1. The van der Waals surface area contributed by atoms with Crippen molar-refractivity contribution >= 4 is 11.7 Å². The van der Waals surface area contributed by atoms with E-state index in [4.69, 9.17) is 11.5 Å². The van der Waals surface area contributed by atoms with Crippen LogP contribution in [0.2, 0.25) is 0 Å². The van der Waals surface area contributed by atoms with Crippen LogP contribution in [-0.4, -0.2) is 23.5 Å². The SMILES string of the molecule is Cc1cc(C)c(C(N)=O)c(NC(C)C(C)CN)n1. The van der Waals surface area contributed by atoms with Gasteiger partial charge in [-0.15, -0.1) is 0 Å². The van der Waals surface area contributed by atoms with Crippen LogP contribution in [0.4, 0.5) is 5.82 Å². The van der Waals surface area contributed by atoms with E-state index in [-0.39, 0.29) is 12.0 Å². The van der Waals surface area contributed by atoms with Crippen molar-refractivity contribution in [2.45, 2.75) is 33.7 Å². The van der Waals surface area contributed by atoms with E-state index in [1.165, 1.54) is 0 Å². The third-order valence-electron chi connectivity index (χ3n) is 3.18. The van der Waals surface area contributed by atoms with Crippen LogP contribution in [-0.2, 0) is 0 Å². The van der Waals surface area contributed by atoms with Gasteiger partial charge >= 0.3 is 0 Å². The Morgan fingerprint density at radius 1 is 1.44 bits per heavy atom. The average Bonchev–Trinajstić information content (AvgIpc) is 2.26. The predicted octanol–water partition coefficient (Wildman–Crippen LogP) is 1.19. The molecule has 1 aromatic rings. The zero-order valence-corrected chi connectivity index (χ0v) is 11.4. The van der Waals surface area contributed by atoms with Crippen LogP contribution in [0.5, 0.6) is 0 Å². The highest BCUT2D eigenvalue weighted by atomic mass is 16.1. The van der Waals surface area contributed by atoms with Gasteiger partial charge in [-0.2, -0.15) is 0 Å². The summed E-state index contributed by atoms with van der Waals surface area (Å²) in [5, 5.41) is 3.23. The third kappa shape index (κ3) is 3.20. The first kappa shape index (κ1) is 14.4. The molecule has 0 bridgehead atoms. The van der Waals surface area contributed by atoms with Gasteiger partial charge in [0.25, 0.3) is 5.91 Å². The smallest absolute Gasteiger partial charge is 0.252 e. The summed E-state index contributed by atoms with van der Waals surface area (Å²) in [5.74, 6) is 0.372. The summed E-state index contributed by atoms with van der Waals surface area (Å²) in [6.07, 6.45) is 0. The van der Waals surface area contributed by atoms with Gasteiger partial charge in [-0.25, -0.2) is 4.98 Å². The number of aryl methyl sites for hydroxylation is 2. The highest BCUT2D eigenvalue weighted by Crippen LogP contribution is 2.20. The first-order valence-electron chi connectivity index (χ1n) is 6.11. The minimum Gasteiger partial charge on any atom is -0.367 e. The molecule has 0 spiro atoms. The molecule has 1 aromatic heterocycles. The van der Waals surface area contributed by atoms with Gasteiger partial charge in [0, 0.05) is 11.7 Å². The second kappa shape index (κ2) is 5.82. The number of nitrogens with two attached hydrogens (primary N) is 2. The van der Waals surface area contributed by atoms with Crippen molar-refractivity contribution in [3.8, 4) is 0 Å². The number of carbonyl (C=O) groups is 1. The highest BCUT2D eigenvalue weighted by molar-refractivity contribution is 5.99. The molecule has 5 heteroatoms. The Hall–Kier alpha value is -1.62. The van der Waals surface area contributed by atoms with Crippen LogP contribution >= 0.6 is 0 Å². The molecule has 1 rings (SSSR count). The molecule has 0 aliphatic carbocycles. The van der Waals surface area contributed by atoms with Gasteiger partial charge in [0.05, 0.1) is 5.56 Å².